The molecule has 0 N–H and O–H groups in total. The Bertz CT molecular complexity index is 84.3. The van der Waals surface area contributed by atoms with Crippen molar-refractivity contribution in [3.05, 3.63) is 0 Å². The molecular weight excluding hydrogens is 279 g/mol. The van der Waals surface area contributed by atoms with E-state index in [0.717, 1.165) is 6.61 Å². The summed E-state index contributed by atoms with van der Waals surface area (Å²) in [5.41, 5.74) is 0. The molecule has 0 unspecified atom stereocenters. The minimum atomic E-state index is 0.981. The van der Waals surface area contributed by atoms with Gasteiger partial charge in [0.15, 0.2) is 0 Å². The summed E-state index contributed by atoms with van der Waals surface area (Å²) >= 11 is 1.22. The second-order valence-electron chi connectivity index (χ2n) is 4.03. The van der Waals surface area contributed by atoms with Gasteiger partial charge in [-0.1, -0.05) is 6.92 Å². The van der Waals surface area contributed by atoms with Crippen LogP contribution >= 0.6 is 0 Å². The van der Waals surface area contributed by atoms with Crippen LogP contribution in [0.15, 0.2) is 0 Å². The molecule has 0 aromatic carbocycles. The van der Waals surface area contributed by atoms with Crippen LogP contribution in [-0.4, -0.2) is 29.5 Å². The second-order valence-corrected chi connectivity index (χ2v) is 4.85. The van der Waals surface area contributed by atoms with Gasteiger partial charge in [0.2, 0.25) is 0 Å². The molecule has 0 rings (SSSR count). The number of hydrogen-bond acceptors (Lipinski definition) is 1. The van der Waals surface area contributed by atoms with E-state index in [0.29, 0.717) is 0 Å². The predicted molar refractivity (Wildman–Crippen MR) is 63.6 cm³/mol. The van der Waals surface area contributed by atoms with Gasteiger partial charge in [-0.05, 0) is 0 Å². The predicted octanol–water partition coefficient (Wildman–Crippen LogP) is 4.01. The average molecular weight is 304 g/mol. The van der Waals surface area contributed by atoms with Gasteiger partial charge in [-0.15, -0.1) is 0 Å². The van der Waals surface area contributed by atoms with Crippen molar-refractivity contribution in [2.75, 3.05) is 6.61 Å². The van der Waals surface area contributed by atoms with Crippen molar-refractivity contribution in [1.29, 1.82) is 0 Å². The van der Waals surface area contributed by atoms with Crippen molar-refractivity contribution in [2.24, 2.45) is 0 Å². The maximum absolute atomic E-state index is 5.10. The van der Waals surface area contributed by atoms with E-state index in [4.69, 9.17) is 3.07 Å². The summed E-state index contributed by atoms with van der Waals surface area (Å²) in [6, 6.07) is 0. The normalized spacial score (nSPS) is 10.7. The molecule has 0 aliphatic heterocycles. The number of rotatable bonds is 11. The van der Waals surface area contributed by atoms with Gasteiger partial charge < -0.3 is 0 Å². The van der Waals surface area contributed by atoms with E-state index in [-0.39, 0.29) is 0 Å². The quantitative estimate of drug-likeness (QED) is 0.414. The van der Waals surface area contributed by atoms with Crippen LogP contribution in [-0.2, 0) is 3.07 Å². The average Bonchev–Trinajstić information content (AvgIpc) is 2.21. The molecule has 0 heterocycles. The Labute approximate surface area is 104 Å². The molecule has 83 valence electrons. The fourth-order valence-corrected chi connectivity index (χ4v) is 2.07. The van der Waals surface area contributed by atoms with E-state index < -0.39 is 0 Å². The summed E-state index contributed by atoms with van der Waals surface area (Å²) in [7, 11) is 0. The van der Waals surface area contributed by atoms with Gasteiger partial charge in [0.05, 0.1) is 0 Å². The first-order chi connectivity index (χ1) is 6.91. The van der Waals surface area contributed by atoms with Gasteiger partial charge in [-0.25, -0.2) is 0 Å². The molecule has 0 aromatic rings. The van der Waals surface area contributed by atoms with Crippen LogP contribution in [0.5, 0.6) is 0 Å². The van der Waals surface area contributed by atoms with Gasteiger partial charge in [0.25, 0.3) is 0 Å². The molecule has 0 aliphatic rings. The maximum atomic E-state index is 5.10. The van der Waals surface area contributed by atoms with E-state index in [1.54, 1.807) is 0 Å². The van der Waals surface area contributed by atoms with Crippen molar-refractivity contribution < 1.29 is 3.07 Å². The first-order valence-corrected chi connectivity index (χ1v) is 7.37. The van der Waals surface area contributed by atoms with Crippen LogP contribution in [0.25, 0.3) is 0 Å². The van der Waals surface area contributed by atoms with E-state index in [1.807, 2.05) is 0 Å². The first kappa shape index (κ1) is 14.8. The molecule has 0 spiro atoms. The standard InChI is InChI=1S/C12H25O.Sn/c1-2-3-4-5-6-7-8-9-10-11-12-13;/h2-12H2,1H3;/q-1;+1. The number of hydrogen-bond donors (Lipinski definition) is 0. The Balaban J connectivity index is 2.78. The van der Waals surface area contributed by atoms with Gasteiger partial charge >= 0.3 is 96.8 Å². The van der Waals surface area contributed by atoms with Crippen molar-refractivity contribution in [1.82, 2.24) is 0 Å². The zero-order valence-electron chi connectivity index (χ0n) is 9.69. The van der Waals surface area contributed by atoms with E-state index >= 15 is 0 Å². The Hall–Kier alpha value is 0.759. The van der Waals surface area contributed by atoms with Crippen LogP contribution in [0, 0.1) is 0 Å². The van der Waals surface area contributed by atoms with E-state index in [2.05, 4.69) is 6.92 Å². The molecule has 0 saturated carbocycles. The van der Waals surface area contributed by atoms with Gasteiger partial charge in [-0.3, -0.25) is 0 Å². The van der Waals surface area contributed by atoms with Gasteiger partial charge in [0, 0.05) is 0 Å². The number of unbranched alkanes of at least 4 members (excludes halogenated alkanes) is 9. The molecule has 14 heavy (non-hydrogen) atoms. The molecule has 0 aromatic heterocycles. The molecule has 0 bridgehead atoms. The summed E-state index contributed by atoms with van der Waals surface area (Å²) in [4.78, 5) is 0. The molecule has 0 atom stereocenters. The minimum absolute atomic E-state index is 0.981. The zero-order chi connectivity index (χ0) is 10.5. The van der Waals surface area contributed by atoms with Crippen LogP contribution in [0.4, 0.5) is 0 Å². The Kier molecular flexibility index (Phi) is 14.5. The molecule has 1 nitrogen and oxygen atoms in total. The topological polar surface area (TPSA) is 9.23 Å². The molecule has 0 aliphatic carbocycles. The van der Waals surface area contributed by atoms with Gasteiger partial charge in [-0.2, -0.15) is 0 Å². The third kappa shape index (κ3) is 12.8. The molecule has 0 saturated heterocycles. The van der Waals surface area contributed by atoms with Crippen LogP contribution in [0.1, 0.15) is 71.1 Å². The van der Waals surface area contributed by atoms with E-state index in [9.17, 15) is 0 Å². The first-order valence-electron chi connectivity index (χ1n) is 6.20. The Morgan fingerprint density at radius 1 is 0.714 bits per heavy atom. The molecular formula is C12H25OSn. The SMILES string of the molecule is CCCCCCCCCCCC[O][Sn]. The van der Waals surface area contributed by atoms with Crippen molar-refractivity contribution in [3.63, 3.8) is 0 Å². The molecule has 2 heteroatoms. The molecule has 0 amide bonds. The van der Waals surface area contributed by atoms with Crippen molar-refractivity contribution in [2.45, 2.75) is 71.1 Å². The Morgan fingerprint density at radius 3 is 1.57 bits per heavy atom. The summed E-state index contributed by atoms with van der Waals surface area (Å²) in [6.45, 7) is 3.26. The molecule has 0 fully saturated rings. The van der Waals surface area contributed by atoms with Crippen molar-refractivity contribution in [3.8, 4) is 0 Å². The monoisotopic (exact) mass is 305 g/mol. The Morgan fingerprint density at radius 2 is 1.14 bits per heavy atom. The second kappa shape index (κ2) is 13.8. The van der Waals surface area contributed by atoms with Crippen molar-refractivity contribution >= 4 is 22.9 Å². The third-order valence-corrected chi connectivity index (χ3v) is 3.18. The van der Waals surface area contributed by atoms with Crippen LogP contribution in [0.3, 0.4) is 0 Å². The van der Waals surface area contributed by atoms with Crippen LogP contribution in [0.2, 0.25) is 0 Å². The zero-order valence-corrected chi connectivity index (χ0v) is 12.5. The van der Waals surface area contributed by atoms with Crippen LogP contribution < -0.4 is 0 Å². The fraction of sp³-hybridized carbons (Fsp3) is 1.00. The van der Waals surface area contributed by atoms with E-state index in [1.165, 1.54) is 87.1 Å². The summed E-state index contributed by atoms with van der Waals surface area (Å²) in [6.07, 6.45) is 14.1. The fourth-order valence-electron chi connectivity index (χ4n) is 1.66. The summed E-state index contributed by atoms with van der Waals surface area (Å²) in [5.74, 6) is 0. The molecule has 3 radical (unpaired) electrons. The summed E-state index contributed by atoms with van der Waals surface area (Å²) < 4.78 is 5.10. The summed E-state index contributed by atoms with van der Waals surface area (Å²) in [5, 5.41) is 0. The third-order valence-electron chi connectivity index (χ3n) is 2.60. The van der Waals surface area contributed by atoms with Gasteiger partial charge in [0.1, 0.15) is 0 Å².